The lowest BCUT2D eigenvalue weighted by molar-refractivity contribution is 0.293. The highest BCUT2D eigenvalue weighted by atomic mass is 14.7. The number of nitrogens with zero attached hydrogens (tertiary/aromatic N) is 1. The lowest BCUT2D eigenvalue weighted by Crippen LogP contribution is -2.22. The molecule has 0 aliphatic rings. The van der Waals surface area contributed by atoms with Crippen molar-refractivity contribution in [2.45, 2.75) is 66.7 Å². The van der Waals surface area contributed by atoms with Crippen molar-refractivity contribution in [3.8, 4) is 0 Å². The Labute approximate surface area is 149 Å². The molecule has 24 heavy (non-hydrogen) atoms. The van der Waals surface area contributed by atoms with Crippen LogP contribution in [0.3, 0.4) is 0 Å². The van der Waals surface area contributed by atoms with Crippen LogP contribution in [0, 0.1) is 5.41 Å². The van der Waals surface area contributed by atoms with Crippen LogP contribution in [0.2, 0.25) is 0 Å². The van der Waals surface area contributed by atoms with E-state index in [1.165, 1.54) is 47.9 Å². The van der Waals surface area contributed by atoms with Crippen molar-refractivity contribution in [3.63, 3.8) is 0 Å². The minimum absolute atomic E-state index is 0.274. The second-order valence-corrected chi connectivity index (χ2v) is 6.99. The molecule has 0 atom stereocenters. The molecule has 0 saturated carbocycles. The van der Waals surface area contributed by atoms with Gasteiger partial charge in [-0.3, -0.25) is 4.99 Å². The summed E-state index contributed by atoms with van der Waals surface area (Å²) in [4.78, 5) is 4.39. The fraction of sp³-hybridized carbons (Fsp3) is 0.522. The molecule has 0 amide bonds. The number of aliphatic imine (C=N–C) groups is 1. The van der Waals surface area contributed by atoms with Crippen molar-refractivity contribution in [1.82, 2.24) is 0 Å². The molecule has 0 fully saturated rings. The summed E-state index contributed by atoms with van der Waals surface area (Å²) in [5, 5.41) is 0. The molecule has 1 aromatic rings. The van der Waals surface area contributed by atoms with Gasteiger partial charge in [0.1, 0.15) is 0 Å². The van der Waals surface area contributed by atoms with Gasteiger partial charge in [0, 0.05) is 18.3 Å². The van der Waals surface area contributed by atoms with Gasteiger partial charge in [-0.25, -0.2) is 0 Å². The zero-order chi connectivity index (χ0) is 18.3. The van der Waals surface area contributed by atoms with Crippen molar-refractivity contribution >= 4 is 11.3 Å². The van der Waals surface area contributed by atoms with Crippen LogP contribution in [-0.4, -0.2) is 12.8 Å². The molecule has 1 rings (SSSR count). The summed E-state index contributed by atoms with van der Waals surface area (Å²) in [6, 6.07) is 6.69. The van der Waals surface area contributed by atoms with Crippen LogP contribution in [0.1, 0.15) is 77.0 Å². The first-order chi connectivity index (χ1) is 11.3. The minimum atomic E-state index is 0.274. The largest absolute Gasteiger partial charge is 0.293 e. The Balaban J connectivity index is 3.20. The third-order valence-corrected chi connectivity index (χ3v) is 5.52. The van der Waals surface area contributed by atoms with Crippen LogP contribution in [0.4, 0.5) is 0 Å². The monoisotopic (exact) mass is 325 g/mol. The van der Waals surface area contributed by atoms with Crippen LogP contribution >= 0.6 is 0 Å². The lowest BCUT2D eigenvalue weighted by Gasteiger charge is -2.34. The van der Waals surface area contributed by atoms with E-state index in [0.29, 0.717) is 0 Å². The van der Waals surface area contributed by atoms with Crippen LogP contribution < -0.4 is 0 Å². The first kappa shape index (κ1) is 20.4. The summed E-state index contributed by atoms with van der Waals surface area (Å²) in [7, 11) is 1.85. The van der Waals surface area contributed by atoms with Gasteiger partial charge in [0.25, 0.3) is 0 Å². The number of rotatable bonds is 9. The maximum absolute atomic E-state index is 4.49. The van der Waals surface area contributed by atoms with E-state index < -0.39 is 0 Å². The average molecular weight is 326 g/mol. The third-order valence-electron chi connectivity index (χ3n) is 5.52. The van der Waals surface area contributed by atoms with E-state index in [1.54, 1.807) is 0 Å². The molecule has 0 aromatic heterocycles. The van der Waals surface area contributed by atoms with Crippen LogP contribution in [-0.2, 0) is 6.42 Å². The molecule has 1 heteroatoms. The Morgan fingerprint density at radius 2 is 1.67 bits per heavy atom. The molecule has 0 spiro atoms. The van der Waals surface area contributed by atoms with Crippen molar-refractivity contribution in [2.24, 2.45) is 10.4 Å². The SMILES string of the molecule is C=C(C)c1ccc(CC(=C)C(CC)(CC)CCC)cc1C(C)=NC. The van der Waals surface area contributed by atoms with E-state index in [-0.39, 0.29) is 5.41 Å². The van der Waals surface area contributed by atoms with Gasteiger partial charge in [-0.2, -0.15) is 0 Å². The van der Waals surface area contributed by atoms with Gasteiger partial charge >= 0.3 is 0 Å². The first-order valence-electron chi connectivity index (χ1n) is 9.26. The average Bonchev–Trinajstić information content (AvgIpc) is 2.58. The molecule has 0 N–H and O–H groups in total. The van der Waals surface area contributed by atoms with E-state index in [2.05, 4.69) is 71.0 Å². The third kappa shape index (κ3) is 4.47. The van der Waals surface area contributed by atoms with Crippen LogP contribution in [0.15, 0.2) is 41.9 Å². The Morgan fingerprint density at radius 1 is 1.04 bits per heavy atom. The Morgan fingerprint density at radius 3 is 2.12 bits per heavy atom. The normalized spacial score (nSPS) is 12.3. The van der Waals surface area contributed by atoms with E-state index in [0.717, 1.165) is 17.7 Å². The van der Waals surface area contributed by atoms with Gasteiger partial charge in [-0.15, -0.1) is 0 Å². The van der Waals surface area contributed by atoms with Gasteiger partial charge in [0.15, 0.2) is 0 Å². The second kappa shape index (κ2) is 9.01. The summed E-state index contributed by atoms with van der Waals surface area (Å²) in [5.41, 5.74) is 7.50. The van der Waals surface area contributed by atoms with Gasteiger partial charge in [-0.05, 0) is 62.1 Å². The van der Waals surface area contributed by atoms with E-state index >= 15 is 0 Å². The predicted molar refractivity (Wildman–Crippen MR) is 110 cm³/mol. The van der Waals surface area contributed by atoms with Gasteiger partial charge in [-0.1, -0.05) is 63.6 Å². The molecular weight excluding hydrogens is 290 g/mol. The van der Waals surface area contributed by atoms with Crippen molar-refractivity contribution in [1.29, 1.82) is 0 Å². The number of hydrogen-bond acceptors (Lipinski definition) is 1. The maximum atomic E-state index is 4.49. The first-order valence-corrected chi connectivity index (χ1v) is 9.26. The number of allylic oxidation sites excluding steroid dienone is 2. The zero-order valence-electron chi connectivity index (χ0n) is 16.6. The van der Waals surface area contributed by atoms with Crippen molar-refractivity contribution in [3.05, 3.63) is 53.6 Å². The van der Waals surface area contributed by atoms with Crippen LogP contribution in [0.5, 0.6) is 0 Å². The predicted octanol–water partition coefficient (Wildman–Crippen LogP) is 6.86. The topological polar surface area (TPSA) is 12.4 Å². The molecule has 0 radical (unpaired) electrons. The van der Waals surface area contributed by atoms with E-state index in [9.17, 15) is 0 Å². The molecule has 0 heterocycles. The molecule has 1 nitrogen and oxygen atoms in total. The highest BCUT2D eigenvalue weighted by molar-refractivity contribution is 6.02. The molecule has 132 valence electrons. The van der Waals surface area contributed by atoms with E-state index in [4.69, 9.17) is 0 Å². The maximum Gasteiger partial charge on any atom is 0.0392 e. The number of hydrogen-bond donors (Lipinski definition) is 0. The molecule has 0 bridgehead atoms. The molecular formula is C23H35N. The fourth-order valence-electron chi connectivity index (χ4n) is 3.69. The van der Waals surface area contributed by atoms with Gasteiger partial charge in [0.05, 0.1) is 0 Å². The summed E-state index contributed by atoms with van der Waals surface area (Å²) in [6.45, 7) is 19.6. The molecule has 0 saturated heterocycles. The molecule has 0 aliphatic carbocycles. The highest BCUT2D eigenvalue weighted by Gasteiger charge is 2.28. The Hall–Kier alpha value is -1.63. The molecule has 0 unspecified atom stereocenters. The highest BCUT2D eigenvalue weighted by Crippen LogP contribution is 2.40. The molecule has 1 aromatic carbocycles. The Kier molecular flexibility index (Phi) is 7.66. The van der Waals surface area contributed by atoms with Crippen molar-refractivity contribution < 1.29 is 0 Å². The van der Waals surface area contributed by atoms with Gasteiger partial charge in [0.2, 0.25) is 0 Å². The second-order valence-electron chi connectivity index (χ2n) is 6.99. The standard InChI is InChI=1S/C23H35N/c1-9-14-23(10-2,11-3)18(6)15-20-12-13-21(17(4)5)22(16-20)19(7)24-8/h12-13,16H,4,6,9-11,14-15H2,1-3,5,7-8H3. The van der Waals surface area contributed by atoms with Crippen molar-refractivity contribution in [2.75, 3.05) is 7.05 Å². The Bertz CT molecular complexity index is 615. The minimum Gasteiger partial charge on any atom is -0.293 e. The summed E-state index contributed by atoms with van der Waals surface area (Å²) >= 11 is 0. The molecule has 0 aliphatic heterocycles. The lowest BCUT2D eigenvalue weighted by atomic mass is 9.71. The van der Waals surface area contributed by atoms with Gasteiger partial charge < -0.3 is 0 Å². The summed E-state index contributed by atoms with van der Waals surface area (Å²) in [5.74, 6) is 0. The zero-order valence-corrected chi connectivity index (χ0v) is 16.6. The summed E-state index contributed by atoms with van der Waals surface area (Å²) in [6.07, 6.45) is 5.72. The quantitative estimate of drug-likeness (QED) is 0.347. The van der Waals surface area contributed by atoms with E-state index in [1.807, 2.05) is 7.05 Å². The fourth-order valence-corrected chi connectivity index (χ4v) is 3.69. The smallest absolute Gasteiger partial charge is 0.0392 e. The summed E-state index contributed by atoms with van der Waals surface area (Å²) < 4.78 is 0. The van der Waals surface area contributed by atoms with Crippen LogP contribution in [0.25, 0.3) is 5.57 Å². The number of benzene rings is 1.